The molecular weight excluding hydrogens is 324 g/mol. The van der Waals surface area contributed by atoms with Gasteiger partial charge in [-0.05, 0) is 50.3 Å². The van der Waals surface area contributed by atoms with Crippen molar-refractivity contribution in [3.8, 4) is 17.1 Å². The van der Waals surface area contributed by atoms with Crippen LogP contribution in [0.25, 0.3) is 11.4 Å². The molecule has 0 saturated carbocycles. The molecule has 2 heterocycles. The lowest BCUT2D eigenvalue weighted by Crippen LogP contribution is -3.13. The molecule has 1 aromatic carbocycles. The molecule has 1 saturated heterocycles. The van der Waals surface area contributed by atoms with Crippen LogP contribution in [0.3, 0.4) is 0 Å². The topological polar surface area (TPSA) is 45.6 Å². The average molecular weight is 349 g/mol. The zero-order valence-electron chi connectivity index (χ0n) is 14.5. The second-order valence-electron chi connectivity index (χ2n) is 6.32. The number of morpholine rings is 1. The van der Waals surface area contributed by atoms with Gasteiger partial charge < -0.3 is 14.4 Å². The van der Waals surface area contributed by atoms with Crippen molar-refractivity contribution in [3.63, 3.8) is 0 Å². The number of methoxy groups -OCH3 is 1. The minimum absolute atomic E-state index is 0.253. The Morgan fingerprint density at radius 1 is 1.25 bits per heavy atom. The van der Waals surface area contributed by atoms with Crippen LogP contribution < -0.4 is 9.64 Å². The van der Waals surface area contributed by atoms with Gasteiger partial charge in [0.2, 0.25) is 4.77 Å². The molecule has 7 heteroatoms. The summed E-state index contributed by atoms with van der Waals surface area (Å²) in [5.74, 6) is 1.75. The zero-order valence-corrected chi connectivity index (χ0v) is 15.3. The van der Waals surface area contributed by atoms with E-state index in [0.717, 1.165) is 54.9 Å². The molecule has 1 aromatic heterocycles. The predicted octanol–water partition coefficient (Wildman–Crippen LogP) is 1.54. The zero-order chi connectivity index (χ0) is 17.1. The molecule has 1 N–H and O–H groups in total. The maximum absolute atomic E-state index is 5.70. The molecule has 0 bridgehead atoms. The van der Waals surface area contributed by atoms with Crippen molar-refractivity contribution in [2.75, 3.05) is 33.4 Å². The summed E-state index contributed by atoms with van der Waals surface area (Å²) in [6.45, 7) is 8.65. The summed E-state index contributed by atoms with van der Waals surface area (Å²) in [5, 5.41) is 4.82. The molecule has 1 aliphatic rings. The highest BCUT2D eigenvalue weighted by atomic mass is 32.1. The van der Waals surface area contributed by atoms with Crippen LogP contribution in [-0.4, -0.2) is 47.8 Å². The lowest BCUT2D eigenvalue weighted by molar-refractivity contribution is -0.930. The molecular formula is C17H25N4O2S+. The predicted molar refractivity (Wildman–Crippen MR) is 94.9 cm³/mol. The van der Waals surface area contributed by atoms with Gasteiger partial charge in [0, 0.05) is 11.6 Å². The van der Waals surface area contributed by atoms with Crippen LogP contribution >= 0.6 is 12.2 Å². The molecule has 1 fully saturated rings. The van der Waals surface area contributed by atoms with Gasteiger partial charge in [0.25, 0.3) is 0 Å². The van der Waals surface area contributed by atoms with Gasteiger partial charge in [0.1, 0.15) is 18.8 Å². The quantitative estimate of drug-likeness (QED) is 0.832. The normalized spacial score (nSPS) is 15.8. The van der Waals surface area contributed by atoms with Crippen LogP contribution in [0.15, 0.2) is 24.3 Å². The summed E-state index contributed by atoms with van der Waals surface area (Å²) in [4.78, 5) is 1.45. The van der Waals surface area contributed by atoms with E-state index in [1.165, 1.54) is 4.90 Å². The highest BCUT2D eigenvalue weighted by Gasteiger charge is 2.20. The molecule has 0 atom stereocenters. The smallest absolute Gasteiger partial charge is 0.203 e. The standard InChI is InChI=1S/C17H24N4O2S/c1-13(2)21-16(14-4-6-15(22-3)7-5-14)18-20(17(21)24)12-19-8-10-23-11-9-19/h4-7,13H,8-12H2,1-3H3/p+1. The molecule has 0 radical (unpaired) electrons. The minimum Gasteiger partial charge on any atom is -0.497 e. The minimum atomic E-state index is 0.253. The van der Waals surface area contributed by atoms with E-state index < -0.39 is 0 Å². The molecule has 1 aliphatic heterocycles. The Morgan fingerprint density at radius 3 is 2.50 bits per heavy atom. The number of aromatic nitrogens is 3. The van der Waals surface area contributed by atoms with Gasteiger partial charge in [-0.2, -0.15) is 4.68 Å². The summed E-state index contributed by atoms with van der Waals surface area (Å²) in [5.41, 5.74) is 1.05. The first-order chi connectivity index (χ1) is 11.6. The molecule has 0 amide bonds. The SMILES string of the molecule is COc1ccc(-c2nn(C[NH+]3CCOCC3)c(=S)n2C(C)C)cc1. The molecule has 0 spiro atoms. The van der Waals surface area contributed by atoms with Crippen LogP contribution in [0.5, 0.6) is 5.75 Å². The van der Waals surface area contributed by atoms with Crippen LogP contribution in [0.4, 0.5) is 0 Å². The van der Waals surface area contributed by atoms with Crippen LogP contribution in [0.1, 0.15) is 19.9 Å². The van der Waals surface area contributed by atoms with Crippen molar-refractivity contribution in [1.82, 2.24) is 14.3 Å². The van der Waals surface area contributed by atoms with Crippen molar-refractivity contribution in [3.05, 3.63) is 29.0 Å². The maximum atomic E-state index is 5.70. The van der Waals surface area contributed by atoms with Gasteiger partial charge in [0.05, 0.1) is 20.3 Å². The van der Waals surface area contributed by atoms with Crippen molar-refractivity contribution >= 4 is 12.2 Å². The van der Waals surface area contributed by atoms with Crippen LogP contribution in [0.2, 0.25) is 0 Å². The third kappa shape index (κ3) is 3.53. The first kappa shape index (κ1) is 17.1. The van der Waals surface area contributed by atoms with Crippen molar-refractivity contribution in [2.45, 2.75) is 26.6 Å². The van der Waals surface area contributed by atoms with Crippen molar-refractivity contribution < 1.29 is 14.4 Å². The molecule has 0 aliphatic carbocycles. The molecule has 6 nitrogen and oxygen atoms in total. The Bertz CT molecular complexity index is 730. The van der Waals surface area contributed by atoms with Gasteiger partial charge in [0.15, 0.2) is 12.5 Å². The molecule has 24 heavy (non-hydrogen) atoms. The van der Waals surface area contributed by atoms with Crippen molar-refractivity contribution in [2.24, 2.45) is 0 Å². The number of nitrogens with zero attached hydrogens (tertiary/aromatic N) is 3. The number of quaternary nitrogens is 1. The van der Waals surface area contributed by atoms with E-state index in [2.05, 4.69) is 18.4 Å². The van der Waals surface area contributed by atoms with E-state index in [9.17, 15) is 0 Å². The Labute approximate surface area is 147 Å². The van der Waals surface area contributed by atoms with Gasteiger partial charge in [-0.3, -0.25) is 4.57 Å². The highest BCUT2D eigenvalue weighted by molar-refractivity contribution is 7.71. The lowest BCUT2D eigenvalue weighted by atomic mass is 10.2. The van der Waals surface area contributed by atoms with E-state index >= 15 is 0 Å². The number of ether oxygens (including phenoxy) is 2. The maximum Gasteiger partial charge on any atom is 0.203 e. The first-order valence-corrected chi connectivity index (χ1v) is 8.76. The van der Waals surface area contributed by atoms with Gasteiger partial charge in [-0.15, -0.1) is 5.10 Å². The highest BCUT2D eigenvalue weighted by Crippen LogP contribution is 2.24. The number of hydrogen-bond donors (Lipinski definition) is 1. The Balaban J connectivity index is 1.95. The molecule has 2 aromatic rings. The largest absolute Gasteiger partial charge is 0.497 e. The summed E-state index contributed by atoms with van der Waals surface area (Å²) in [7, 11) is 1.67. The first-order valence-electron chi connectivity index (χ1n) is 8.35. The Hall–Kier alpha value is -1.70. The van der Waals surface area contributed by atoms with Gasteiger partial charge in [-0.25, -0.2) is 0 Å². The summed E-state index contributed by atoms with van der Waals surface area (Å²) < 4.78 is 15.5. The van der Waals surface area contributed by atoms with Gasteiger partial charge in [-0.1, -0.05) is 0 Å². The number of nitrogens with one attached hydrogen (secondary N) is 1. The fourth-order valence-corrected chi connectivity index (χ4v) is 3.36. The van der Waals surface area contributed by atoms with E-state index in [1.807, 2.05) is 28.9 Å². The van der Waals surface area contributed by atoms with Gasteiger partial charge >= 0.3 is 0 Å². The van der Waals surface area contributed by atoms with Crippen LogP contribution in [-0.2, 0) is 11.4 Å². The molecule has 130 valence electrons. The third-order valence-electron chi connectivity index (χ3n) is 4.31. The van der Waals surface area contributed by atoms with E-state index in [-0.39, 0.29) is 6.04 Å². The fraction of sp³-hybridized carbons (Fsp3) is 0.529. The van der Waals surface area contributed by atoms with E-state index in [1.54, 1.807) is 7.11 Å². The summed E-state index contributed by atoms with van der Waals surface area (Å²) >= 11 is 5.70. The van der Waals surface area contributed by atoms with E-state index in [0.29, 0.717) is 0 Å². The van der Waals surface area contributed by atoms with Crippen molar-refractivity contribution in [1.29, 1.82) is 0 Å². The Morgan fingerprint density at radius 2 is 1.92 bits per heavy atom. The average Bonchev–Trinajstić information content (AvgIpc) is 2.92. The van der Waals surface area contributed by atoms with Crippen LogP contribution in [0, 0.1) is 4.77 Å². The summed E-state index contributed by atoms with van der Waals surface area (Å²) in [6, 6.07) is 8.22. The second-order valence-corrected chi connectivity index (χ2v) is 6.68. The molecule has 3 rings (SSSR count). The lowest BCUT2D eigenvalue weighted by Gasteiger charge is -2.23. The third-order valence-corrected chi connectivity index (χ3v) is 4.72. The summed E-state index contributed by atoms with van der Waals surface area (Å²) in [6.07, 6.45) is 0. The fourth-order valence-electron chi connectivity index (χ4n) is 2.96. The molecule has 0 unspecified atom stereocenters. The number of rotatable bonds is 5. The van der Waals surface area contributed by atoms with E-state index in [4.69, 9.17) is 26.8 Å². The second kappa shape index (κ2) is 7.46. The number of benzene rings is 1. The Kier molecular flexibility index (Phi) is 5.33. The monoisotopic (exact) mass is 349 g/mol. The number of hydrogen-bond acceptors (Lipinski definition) is 4.